The van der Waals surface area contributed by atoms with Crippen molar-refractivity contribution in [2.45, 2.75) is 38.6 Å². The second kappa shape index (κ2) is 11.2. The maximum Gasteiger partial charge on any atom is 0.247 e. The van der Waals surface area contributed by atoms with Gasteiger partial charge in [-0.15, -0.1) is 5.10 Å². The molecule has 0 unspecified atom stereocenters. The summed E-state index contributed by atoms with van der Waals surface area (Å²) < 4.78 is 16.0. The fraction of sp³-hybridized carbons (Fsp3) is 0.258. The third-order valence-corrected chi connectivity index (χ3v) is 8.02. The fourth-order valence-electron chi connectivity index (χ4n) is 5.61. The summed E-state index contributed by atoms with van der Waals surface area (Å²) in [7, 11) is 0. The molecule has 10 heteroatoms. The Bertz CT molecular complexity index is 1650. The van der Waals surface area contributed by atoms with Gasteiger partial charge in [-0.2, -0.15) is 0 Å². The highest BCUT2D eigenvalue weighted by molar-refractivity contribution is 6.30. The molecule has 0 spiro atoms. The van der Waals surface area contributed by atoms with E-state index in [9.17, 15) is 14.0 Å². The minimum Gasteiger partial charge on any atom is -0.330 e. The van der Waals surface area contributed by atoms with Gasteiger partial charge in [-0.1, -0.05) is 30.2 Å². The van der Waals surface area contributed by atoms with E-state index in [4.69, 9.17) is 11.6 Å². The molecule has 2 aromatic carbocycles. The molecule has 41 heavy (non-hydrogen) atoms. The maximum absolute atomic E-state index is 14.3. The molecule has 6 rings (SSSR count). The van der Waals surface area contributed by atoms with Gasteiger partial charge < -0.3 is 10.2 Å². The predicted molar refractivity (Wildman–Crippen MR) is 155 cm³/mol. The van der Waals surface area contributed by atoms with Gasteiger partial charge in [-0.05, 0) is 78.9 Å². The maximum atomic E-state index is 14.3. The first-order valence-corrected chi connectivity index (χ1v) is 14.0. The van der Waals surface area contributed by atoms with E-state index >= 15 is 0 Å². The number of amides is 2. The lowest BCUT2D eigenvalue weighted by Crippen LogP contribution is -2.38. The molecule has 0 aliphatic carbocycles. The minimum absolute atomic E-state index is 0.115. The van der Waals surface area contributed by atoms with Crippen molar-refractivity contribution in [1.29, 1.82) is 0 Å². The second-order valence-electron chi connectivity index (χ2n) is 10.5. The van der Waals surface area contributed by atoms with Crippen LogP contribution in [-0.2, 0) is 9.59 Å². The first-order chi connectivity index (χ1) is 19.9. The highest BCUT2D eigenvalue weighted by atomic mass is 35.5. The van der Waals surface area contributed by atoms with Crippen LogP contribution in [0.5, 0.6) is 0 Å². The standard InChI is InChI=1S/C31H28ClFN6O2/c1-19-3-2-4-29(27-15-20(9-11-34-27)24-18-23(33)6-7-26(24)36-31(19)41)38-13-10-21(16-30(38)40)25-17-22(32)5-8-28(25)39-14-12-35-37-39/h5-9,11-12,14-19,29H,2-4,10,13H2,1H3,(H,36,41)/t19-,29+/m1/s1. The summed E-state index contributed by atoms with van der Waals surface area (Å²) in [6.07, 6.45) is 9.31. The number of aromatic nitrogens is 4. The molecular formula is C31H28ClFN6O2. The monoisotopic (exact) mass is 570 g/mol. The van der Waals surface area contributed by atoms with Crippen LogP contribution in [0.25, 0.3) is 22.4 Å². The van der Waals surface area contributed by atoms with Gasteiger partial charge in [0.05, 0.1) is 29.8 Å². The number of fused-ring (bicyclic) bond motifs is 4. The molecule has 2 aliphatic heterocycles. The molecule has 0 fully saturated rings. The Morgan fingerprint density at radius 3 is 2.71 bits per heavy atom. The topological polar surface area (TPSA) is 93.0 Å². The van der Waals surface area contributed by atoms with Crippen molar-refractivity contribution in [3.63, 3.8) is 0 Å². The minimum atomic E-state index is -0.400. The lowest BCUT2D eigenvalue weighted by molar-refractivity contribution is -0.129. The van der Waals surface area contributed by atoms with Crippen LogP contribution in [-0.4, -0.2) is 43.2 Å². The summed E-state index contributed by atoms with van der Waals surface area (Å²) >= 11 is 6.35. The summed E-state index contributed by atoms with van der Waals surface area (Å²) in [5.74, 6) is -0.892. The van der Waals surface area contributed by atoms with E-state index in [0.29, 0.717) is 42.1 Å². The zero-order chi connectivity index (χ0) is 28.5. The molecule has 2 aliphatic rings. The number of anilines is 1. The summed E-state index contributed by atoms with van der Waals surface area (Å²) in [6, 6.07) is 13.2. The molecular weight excluding hydrogens is 543 g/mol. The molecule has 0 radical (unpaired) electrons. The third kappa shape index (κ3) is 5.50. The van der Waals surface area contributed by atoms with Crippen molar-refractivity contribution in [2.75, 3.05) is 11.9 Å². The SMILES string of the molecule is C[C@@H]1CCC[C@H](N2CCC(c3cc(Cl)ccc3-n3ccnn3)=CC2=O)c2cc(ccn2)-c2cc(F)ccc2NC1=O. The largest absolute Gasteiger partial charge is 0.330 e. The van der Waals surface area contributed by atoms with E-state index in [1.165, 1.54) is 12.1 Å². The van der Waals surface area contributed by atoms with Crippen LogP contribution < -0.4 is 5.32 Å². The van der Waals surface area contributed by atoms with Crippen LogP contribution in [0.1, 0.15) is 49.9 Å². The van der Waals surface area contributed by atoms with Crippen LogP contribution in [0.3, 0.4) is 0 Å². The highest BCUT2D eigenvalue weighted by Crippen LogP contribution is 2.37. The zero-order valence-electron chi connectivity index (χ0n) is 22.4. The van der Waals surface area contributed by atoms with E-state index in [2.05, 4.69) is 20.6 Å². The van der Waals surface area contributed by atoms with Crippen LogP contribution in [0, 0.1) is 11.7 Å². The van der Waals surface area contributed by atoms with Crippen molar-refractivity contribution >= 4 is 34.7 Å². The average Bonchev–Trinajstić information content (AvgIpc) is 3.51. The van der Waals surface area contributed by atoms with Gasteiger partial charge in [0, 0.05) is 46.6 Å². The molecule has 0 saturated carbocycles. The number of hydrogen-bond acceptors (Lipinski definition) is 5. The predicted octanol–water partition coefficient (Wildman–Crippen LogP) is 6.24. The number of nitrogens with zero attached hydrogens (tertiary/aromatic N) is 5. The lowest BCUT2D eigenvalue weighted by atomic mass is 9.92. The van der Waals surface area contributed by atoms with Crippen LogP contribution in [0.2, 0.25) is 5.02 Å². The lowest BCUT2D eigenvalue weighted by Gasteiger charge is -2.35. The first-order valence-electron chi connectivity index (χ1n) is 13.6. The number of pyridine rings is 1. The number of carbonyl (C=O) groups is 2. The molecule has 2 bridgehead atoms. The Morgan fingerprint density at radius 1 is 1.02 bits per heavy atom. The van der Waals surface area contributed by atoms with Gasteiger partial charge in [0.15, 0.2) is 0 Å². The van der Waals surface area contributed by atoms with E-state index in [-0.39, 0.29) is 23.8 Å². The summed E-state index contributed by atoms with van der Waals surface area (Å²) in [5, 5.41) is 11.6. The van der Waals surface area contributed by atoms with E-state index in [1.807, 2.05) is 30.0 Å². The van der Waals surface area contributed by atoms with Gasteiger partial charge in [-0.25, -0.2) is 9.07 Å². The molecule has 2 amide bonds. The molecule has 2 atom stereocenters. The summed E-state index contributed by atoms with van der Waals surface area (Å²) in [4.78, 5) is 33.2. The highest BCUT2D eigenvalue weighted by Gasteiger charge is 2.30. The number of carbonyl (C=O) groups excluding carboxylic acids is 2. The molecule has 0 saturated heterocycles. The van der Waals surface area contributed by atoms with Crippen molar-refractivity contribution in [2.24, 2.45) is 5.92 Å². The van der Waals surface area contributed by atoms with Gasteiger partial charge in [0.25, 0.3) is 0 Å². The number of rotatable bonds is 3. The number of benzene rings is 2. The van der Waals surface area contributed by atoms with E-state index in [0.717, 1.165) is 34.5 Å². The molecule has 2 aromatic heterocycles. The average molecular weight is 571 g/mol. The number of nitrogens with one attached hydrogen (secondary N) is 1. The summed E-state index contributed by atoms with van der Waals surface area (Å²) in [5.41, 5.74) is 5.05. The van der Waals surface area contributed by atoms with Crippen molar-refractivity contribution in [1.82, 2.24) is 24.9 Å². The first kappa shape index (κ1) is 26.8. The fourth-order valence-corrected chi connectivity index (χ4v) is 5.78. The van der Waals surface area contributed by atoms with Crippen LogP contribution in [0.15, 0.2) is 73.2 Å². The van der Waals surface area contributed by atoms with Gasteiger partial charge in [-0.3, -0.25) is 14.6 Å². The Balaban J connectivity index is 1.37. The van der Waals surface area contributed by atoms with Crippen molar-refractivity contribution < 1.29 is 14.0 Å². The number of halogens is 2. The molecule has 4 aromatic rings. The normalized spacial score (nSPS) is 19.5. The Hall–Kier alpha value is -4.37. The quantitative estimate of drug-likeness (QED) is 0.315. The second-order valence-corrected chi connectivity index (χ2v) is 10.9. The van der Waals surface area contributed by atoms with E-state index < -0.39 is 5.82 Å². The van der Waals surface area contributed by atoms with Crippen molar-refractivity contribution in [3.05, 3.63) is 95.3 Å². The molecule has 4 heterocycles. The van der Waals surface area contributed by atoms with Gasteiger partial charge >= 0.3 is 0 Å². The van der Waals surface area contributed by atoms with E-state index in [1.54, 1.807) is 47.5 Å². The molecule has 1 N–H and O–H groups in total. The molecule has 208 valence electrons. The molecule has 8 nitrogen and oxygen atoms in total. The Labute approximate surface area is 241 Å². The Morgan fingerprint density at radius 2 is 1.90 bits per heavy atom. The summed E-state index contributed by atoms with van der Waals surface area (Å²) in [6.45, 7) is 2.36. The van der Waals surface area contributed by atoms with Crippen LogP contribution in [0.4, 0.5) is 10.1 Å². The number of hydrogen-bond donors (Lipinski definition) is 1. The van der Waals surface area contributed by atoms with Crippen molar-refractivity contribution in [3.8, 4) is 16.8 Å². The third-order valence-electron chi connectivity index (χ3n) is 7.79. The smallest absolute Gasteiger partial charge is 0.247 e. The van der Waals surface area contributed by atoms with Crippen LogP contribution >= 0.6 is 11.6 Å². The van der Waals surface area contributed by atoms with Gasteiger partial charge in [0.2, 0.25) is 11.8 Å². The zero-order valence-corrected chi connectivity index (χ0v) is 23.2. The Kier molecular flexibility index (Phi) is 7.36. The van der Waals surface area contributed by atoms with Gasteiger partial charge in [0.1, 0.15) is 5.82 Å².